The second-order valence-electron chi connectivity index (χ2n) is 6.29. The zero-order chi connectivity index (χ0) is 14.9. The van der Waals surface area contributed by atoms with E-state index in [9.17, 15) is 4.79 Å². The summed E-state index contributed by atoms with van der Waals surface area (Å²) < 4.78 is 5.35. The van der Waals surface area contributed by atoms with E-state index in [0.29, 0.717) is 16.3 Å². The predicted molar refractivity (Wildman–Crippen MR) is 81.8 cm³/mol. The second kappa shape index (κ2) is 5.65. The van der Waals surface area contributed by atoms with Crippen LogP contribution in [0.4, 0.5) is 0 Å². The lowest BCUT2D eigenvalue weighted by molar-refractivity contribution is 0.0789. The van der Waals surface area contributed by atoms with Crippen molar-refractivity contribution >= 4 is 17.5 Å². The van der Waals surface area contributed by atoms with Crippen molar-refractivity contribution in [2.24, 2.45) is 0 Å². The third kappa shape index (κ3) is 2.93. The lowest BCUT2D eigenvalue weighted by Gasteiger charge is -2.23. The van der Waals surface area contributed by atoms with E-state index in [-0.39, 0.29) is 11.3 Å². The molecule has 3 nitrogen and oxygen atoms in total. The van der Waals surface area contributed by atoms with Gasteiger partial charge in [0.15, 0.2) is 0 Å². The van der Waals surface area contributed by atoms with E-state index in [2.05, 4.69) is 20.8 Å². The first-order valence-electron chi connectivity index (χ1n) is 7.02. The number of halogens is 1. The Morgan fingerprint density at radius 2 is 1.85 bits per heavy atom. The maximum atomic E-state index is 12.6. The molecular weight excluding hydrogens is 274 g/mol. The monoisotopic (exact) mass is 295 g/mol. The summed E-state index contributed by atoms with van der Waals surface area (Å²) in [7, 11) is 1.55. The van der Waals surface area contributed by atoms with Crippen molar-refractivity contribution in [3.63, 3.8) is 0 Å². The lowest BCUT2D eigenvalue weighted by atomic mass is 9.86. The van der Waals surface area contributed by atoms with Gasteiger partial charge in [-0.1, -0.05) is 32.4 Å². The largest absolute Gasteiger partial charge is 0.494 e. The van der Waals surface area contributed by atoms with Crippen LogP contribution in [0.2, 0.25) is 5.02 Å². The van der Waals surface area contributed by atoms with Gasteiger partial charge in [0.05, 0.1) is 17.7 Å². The summed E-state index contributed by atoms with van der Waals surface area (Å²) in [5, 5.41) is 0.502. The van der Waals surface area contributed by atoms with Crippen molar-refractivity contribution in [1.82, 2.24) is 4.90 Å². The number of amides is 1. The number of methoxy groups -OCH3 is 1. The number of benzene rings is 1. The third-order valence-electron chi connectivity index (χ3n) is 3.74. The highest BCUT2D eigenvalue weighted by Gasteiger charge is 2.26. The standard InChI is InChI=1S/C16H22ClNO2/c1-16(2,3)11-9-12(14(20-4)13(17)10-11)15(19)18-7-5-6-8-18/h9-10H,5-8H2,1-4H3. The van der Waals surface area contributed by atoms with E-state index >= 15 is 0 Å². The van der Waals surface area contributed by atoms with Gasteiger partial charge in [-0.2, -0.15) is 0 Å². The lowest BCUT2D eigenvalue weighted by Crippen LogP contribution is -2.28. The number of likely N-dealkylation sites (tertiary alicyclic amines) is 1. The molecule has 4 heteroatoms. The summed E-state index contributed by atoms with van der Waals surface area (Å²) in [5.41, 5.74) is 1.56. The Bertz CT molecular complexity index is 514. The number of hydrogen-bond acceptors (Lipinski definition) is 2. The third-order valence-corrected chi connectivity index (χ3v) is 4.02. The summed E-state index contributed by atoms with van der Waals surface area (Å²) in [5.74, 6) is 0.504. The molecule has 2 rings (SSSR count). The van der Waals surface area contributed by atoms with Gasteiger partial charge in [-0.3, -0.25) is 4.79 Å². The predicted octanol–water partition coefficient (Wildman–Crippen LogP) is 3.88. The average molecular weight is 296 g/mol. The van der Waals surface area contributed by atoms with Crippen LogP contribution in [0.25, 0.3) is 0 Å². The first-order valence-corrected chi connectivity index (χ1v) is 7.39. The van der Waals surface area contributed by atoms with E-state index in [1.54, 1.807) is 7.11 Å². The Kier molecular flexibility index (Phi) is 4.28. The Morgan fingerprint density at radius 3 is 2.35 bits per heavy atom. The normalized spacial score (nSPS) is 15.6. The molecule has 0 aliphatic carbocycles. The molecule has 0 radical (unpaired) electrons. The highest BCUT2D eigenvalue weighted by Crippen LogP contribution is 2.35. The van der Waals surface area contributed by atoms with Crippen LogP contribution in [0, 0.1) is 0 Å². The van der Waals surface area contributed by atoms with Crippen LogP contribution in [0.1, 0.15) is 49.5 Å². The molecule has 0 spiro atoms. The number of nitrogens with zero attached hydrogens (tertiary/aromatic N) is 1. The summed E-state index contributed by atoms with van der Waals surface area (Å²) in [6.07, 6.45) is 2.14. The van der Waals surface area contributed by atoms with Crippen molar-refractivity contribution in [3.8, 4) is 5.75 Å². The topological polar surface area (TPSA) is 29.5 Å². The Labute approximate surface area is 125 Å². The zero-order valence-corrected chi connectivity index (χ0v) is 13.4. The van der Waals surface area contributed by atoms with Crippen LogP contribution >= 0.6 is 11.6 Å². The van der Waals surface area contributed by atoms with Gasteiger partial charge >= 0.3 is 0 Å². The molecule has 1 saturated heterocycles. The molecule has 20 heavy (non-hydrogen) atoms. The Morgan fingerprint density at radius 1 is 1.25 bits per heavy atom. The van der Waals surface area contributed by atoms with Crippen molar-refractivity contribution < 1.29 is 9.53 Å². The smallest absolute Gasteiger partial charge is 0.257 e. The van der Waals surface area contributed by atoms with Crippen molar-refractivity contribution in [1.29, 1.82) is 0 Å². The summed E-state index contributed by atoms with van der Waals surface area (Å²) in [6.45, 7) is 7.96. The minimum atomic E-state index is -0.0596. The number of rotatable bonds is 2. The van der Waals surface area contributed by atoms with Gasteiger partial charge in [0, 0.05) is 13.1 Å². The summed E-state index contributed by atoms with van der Waals surface area (Å²) in [6, 6.07) is 3.81. The van der Waals surface area contributed by atoms with Gasteiger partial charge in [0.2, 0.25) is 0 Å². The van der Waals surface area contributed by atoms with Crippen LogP contribution in [0.3, 0.4) is 0 Å². The molecule has 0 unspecified atom stereocenters. The molecule has 1 fully saturated rings. The fraction of sp³-hybridized carbons (Fsp3) is 0.562. The van der Waals surface area contributed by atoms with Crippen LogP contribution in [-0.2, 0) is 5.41 Å². The maximum absolute atomic E-state index is 12.6. The van der Waals surface area contributed by atoms with Gasteiger partial charge < -0.3 is 9.64 Å². The van der Waals surface area contributed by atoms with Crippen LogP contribution in [-0.4, -0.2) is 31.0 Å². The van der Waals surface area contributed by atoms with E-state index in [1.165, 1.54) is 0 Å². The molecule has 0 aromatic heterocycles. The van der Waals surface area contributed by atoms with Crippen molar-refractivity contribution in [3.05, 3.63) is 28.3 Å². The molecule has 0 N–H and O–H groups in total. The first kappa shape index (κ1) is 15.2. The number of carbonyl (C=O) groups excluding carboxylic acids is 1. The van der Waals surface area contributed by atoms with Crippen LogP contribution in [0.15, 0.2) is 12.1 Å². The van der Waals surface area contributed by atoms with Gasteiger partial charge in [-0.15, -0.1) is 0 Å². The molecule has 1 aromatic carbocycles. The van der Waals surface area contributed by atoms with Gasteiger partial charge in [-0.25, -0.2) is 0 Å². The molecule has 1 amide bonds. The molecule has 110 valence electrons. The zero-order valence-electron chi connectivity index (χ0n) is 12.6. The highest BCUT2D eigenvalue weighted by molar-refractivity contribution is 6.32. The molecule has 1 heterocycles. The van der Waals surface area contributed by atoms with Crippen molar-refractivity contribution in [2.45, 2.75) is 39.0 Å². The Balaban J connectivity index is 2.48. The minimum Gasteiger partial charge on any atom is -0.494 e. The highest BCUT2D eigenvalue weighted by atomic mass is 35.5. The SMILES string of the molecule is COc1c(Cl)cc(C(C)(C)C)cc1C(=O)N1CCCC1. The minimum absolute atomic E-state index is 0.0207. The number of hydrogen-bond donors (Lipinski definition) is 0. The molecule has 1 aliphatic rings. The van der Waals surface area contributed by atoms with Crippen LogP contribution in [0.5, 0.6) is 5.75 Å². The fourth-order valence-electron chi connectivity index (χ4n) is 2.48. The number of carbonyl (C=O) groups is 1. The van der Waals surface area contributed by atoms with Gasteiger partial charge in [-0.05, 0) is 36.0 Å². The molecule has 0 saturated carbocycles. The fourth-order valence-corrected chi connectivity index (χ4v) is 2.78. The first-order chi connectivity index (χ1) is 9.34. The van der Waals surface area contributed by atoms with E-state index in [0.717, 1.165) is 31.5 Å². The van der Waals surface area contributed by atoms with E-state index in [1.807, 2.05) is 17.0 Å². The number of ether oxygens (including phenoxy) is 1. The second-order valence-corrected chi connectivity index (χ2v) is 6.70. The quantitative estimate of drug-likeness (QED) is 0.828. The van der Waals surface area contributed by atoms with Gasteiger partial charge in [0.1, 0.15) is 5.75 Å². The Hall–Kier alpha value is -1.22. The van der Waals surface area contributed by atoms with E-state index in [4.69, 9.17) is 16.3 Å². The molecule has 0 atom stereocenters. The van der Waals surface area contributed by atoms with Crippen LogP contribution < -0.4 is 4.74 Å². The molecular formula is C16H22ClNO2. The molecule has 0 bridgehead atoms. The van der Waals surface area contributed by atoms with Crippen molar-refractivity contribution in [2.75, 3.05) is 20.2 Å². The van der Waals surface area contributed by atoms with E-state index < -0.39 is 0 Å². The molecule has 1 aromatic rings. The average Bonchev–Trinajstić information content (AvgIpc) is 2.89. The molecule has 1 aliphatic heterocycles. The van der Waals surface area contributed by atoms with Gasteiger partial charge in [0.25, 0.3) is 5.91 Å². The maximum Gasteiger partial charge on any atom is 0.257 e. The summed E-state index contributed by atoms with van der Waals surface area (Å²) >= 11 is 6.30. The summed E-state index contributed by atoms with van der Waals surface area (Å²) in [4.78, 5) is 14.5.